The van der Waals surface area contributed by atoms with Crippen LogP contribution in [0.4, 0.5) is 0 Å². The third-order valence-corrected chi connectivity index (χ3v) is 3.20. The number of hydrogen-bond donors (Lipinski definition) is 2. The third kappa shape index (κ3) is 57.2. The zero-order chi connectivity index (χ0) is 26.8. The van der Waals surface area contributed by atoms with Crippen LogP contribution in [0.15, 0.2) is 24.5 Å². The molecule has 1 heterocycles. The van der Waals surface area contributed by atoms with Crippen LogP contribution in [0.2, 0.25) is 0 Å². The second-order valence-corrected chi connectivity index (χ2v) is 4.94. The predicted molar refractivity (Wildman–Crippen MR) is 145 cm³/mol. The van der Waals surface area contributed by atoms with Gasteiger partial charge in [-0.25, -0.2) is 0 Å². The van der Waals surface area contributed by atoms with E-state index in [4.69, 9.17) is 10.8 Å². The fraction of sp³-hybridized carbons (Fsp3) is 0.533. The molecule has 0 aliphatic heterocycles. The standard InChI is InChI=1S/C15H22N2O3.12K/c16-14(15(19)20)7-3-1-2-6-13(18)9-8-12-5-4-10-17-11-12;;;;;;;;;;;;/h4-5,10-11,14H,1-3,6-9,16H2,(H,19,20);;;;;;;;;;;;/t14-;;;;;;;;;;;;/m0............/s1. The number of carboxylic acid groups (broad SMARTS) is 1. The van der Waals surface area contributed by atoms with Crippen LogP contribution in [-0.2, 0) is 16.0 Å². The number of hydrogen-bond acceptors (Lipinski definition) is 4. The number of rotatable bonds is 10. The predicted octanol–water partition coefficient (Wildman–Crippen LogP) is -2.62. The zero-order valence-electron chi connectivity index (χ0n) is 23.6. The van der Waals surface area contributed by atoms with E-state index in [2.05, 4.69) is 4.98 Å². The van der Waals surface area contributed by atoms with Crippen molar-refractivity contribution in [3.05, 3.63) is 30.1 Å². The molecule has 3 N–H and O–H groups in total. The molecule has 1 aromatic rings. The first-order chi connectivity index (χ1) is 15.6. The normalized spacial score (nSPS) is 9.03. The number of unbranched alkanes of at least 4 members (excludes halogenated alkanes) is 2. The Kier molecular flexibility index (Phi) is 124. The van der Waals surface area contributed by atoms with Crippen LogP contribution >= 0.6 is 0 Å². The topological polar surface area (TPSA) is 93.3 Å². The molecule has 0 spiro atoms. The maximum absolute atomic E-state index is 11.7. The van der Waals surface area contributed by atoms with Crippen LogP contribution in [0, 0.1) is 0 Å². The van der Waals surface area contributed by atoms with E-state index in [9.17, 15) is 9.59 Å². The van der Waals surface area contributed by atoms with Gasteiger partial charge in [-0.15, -0.1) is 0 Å². The average molecular weight is 748 g/mol. The Balaban J connectivity index is -0.000000121. The Hall–Kier alpha value is 17.9. The molecule has 1 atom stereocenters. The Labute approximate surface area is 468 Å². The summed E-state index contributed by atoms with van der Waals surface area (Å²) in [5, 5.41) is 8.62. The van der Waals surface area contributed by atoms with Gasteiger partial charge in [-0.3, -0.25) is 14.6 Å². The van der Waals surface area contributed by atoms with Gasteiger partial charge in [0.2, 0.25) is 0 Å². The van der Waals surface area contributed by atoms with E-state index in [1.54, 1.807) is 12.4 Å². The summed E-state index contributed by atoms with van der Waals surface area (Å²) in [6.07, 6.45) is 8.20. The van der Waals surface area contributed by atoms with Gasteiger partial charge in [-0.2, -0.15) is 0 Å². The number of carboxylic acids is 1. The van der Waals surface area contributed by atoms with E-state index in [1.807, 2.05) is 12.1 Å². The van der Waals surface area contributed by atoms with E-state index in [0.29, 0.717) is 19.3 Å². The van der Waals surface area contributed by atoms with Gasteiger partial charge >= 0.3 is 385 Å². The van der Waals surface area contributed by atoms with Crippen molar-refractivity contribution in [3.63, 3.8) is 0 Å². The quantitative estimate of drug-likeness (QED) is 0.202. The monoisotopic (exact) mass is 746 g/mol. The van der Waals surface area contributed by atoms with Gasteiger partial charge in [0, 0.05) is 25.2 Å². The molecule has 0 fully saturated rings. The molecule has 0 aliphatic rings. The molecule has 0 aliphatic carbocycles. The first kappa shape index (κ1) is 61.9. The van der Waals surface area contributed by atoms with Crippen molar-refractivity contribution in [2.75, 3.05) is 0 Å². The van der Waals surface area contributed by atoms with Crippen LogP contribution in [-0.4, -0.2) is 407 Å². The fourth-order valence-corrected chi connectivity index (χ4v) is 1.94. The number of carbonyl (C=O) groups is 2. The number of aliphatic carboxylic acids is 1. The van der Waals surface area contributed by atoms with Crippen molar-refractivity contribution in [2.24, 2.45) is 5.73 Å². The molecule has 1 rings (SSSR count). The Morgan fingerprint density at radius 3 is 1.75 bits per heavy atom. The second kappa shape index (κ2) is 63.9. The molecule has 0 saturated heterocycles. The van der Waals surface area contributed by atoms with Gasteiger partial charge < -0.3 is 10.8 Å². The summed E-state index contributed by atoms with van der Waals surface area (Å²) in [5.41, 5.74) is 6.48. The molecule has 0 bridgehead atoms. The number of carbonyl (C=O) groups excluding carboxylic acids is 1. The maximum atomic E-state index is 11.7. The molecule has 0 aromatic carbocycles. The molecular weight excluding hydrogens is 725 g/mol. The minimum absolute atomic E-state index is 0.247. The van der Waals surface area contributed by atoms with Crippen molar-refractivity contribution >= 4 is 391 Å². The number of pyridine rings is 1. The summed E-state index contributed by atoms with van der Waals surface area (Å²) in [5.74, 6) is -0.714. The molecule has 0 amide bonds. The van der Waals surface area contributed by atoms with Crippen LogP contribution in [0.3, 0.4) is 0 Å². The Morgan fingerprint density at radius 2 is 1.34 bits per heavy atom. The molecule has 32 heavy (non-hydrogen) atoms. The summed E-state index contributed by atoms with van der Waals surface area (Å²) in [6, 6.07) is 3.05. The Bertz CT molecular complexity index is 451. The molecule has 17 heteroatoms. The van der Waals surface area contributed by atoms with Gasteiger partial charge in [-0.1, -0.05) is 18.9 Å². The van der Waals surface area contributed by atoms with E-state index in [1.165, 1.54) is 379 Å². The third-order valence-electron chi connectivity index (χ3n) is 3.20. The molecule has 5 nitrogen and oxygen atoms in total. The number of nitrogens with two attached hydrogens (primary N) is 1. The molecular formula is C15H22K12N2O3. The van der Waals surface area contributed by atoms with Crippen molar-refractivity contribution in [1.82, 2.24) is 4.98 Å². The average Bonchev–Trinajstić information content (AvgIpc) is 2.90. The molecule has 0 unspecified atom stereocenters. The fourth-order valence-electron chi connectivity index (χ4n) is 1.94. The van der Waals surface area contributed by atoms with Gasteiger partial charge in [0.25, 0.3) is 0 Å². The van der Waals surface area contributed by atoms with Gasteiger partial charge in [-0.05, 0) is 30.9 Å². The number of aryl methyl sites for hydroxylation is 1. The first-order valence-electron chi connectivity index (χ1n) is 13.0. The van der Waals surface area contributed by atoms with E-state index in [-0.39, 0.29) is 5.78 Å². The van der Waals surface area contributed by atoms with E-state index < -0.39 is 12.0 Å². The van der Waals surface area contributed by atoms with Gasteiger partial charge in [0.1, 0.15) is 11.8 Å². The zero-order valence-corrected chi connectivity index (χ0v) is 61.1. The van der Waals surface area contributed by atoms with Crippen molar-refractivity contribution in [1.29, 1.82) is 0 Å². The summed E-state index contributed by atoms with van der Waals surface area (Å²) in [6.45, 7) is 0. The van der Waals surface area contributed by atoms with E-state index >= 15 is 0 Å². The molecule has 0 saturated carbocycles. The summed E-state index contributed by atoms with van der Waals surface area (Å²) >= 11 is 15.0. The summed E-state index contributed by atoms with van der Waals surface area (Å²) in [7, 11) is 0. The first-order valence-corrected chi connectivity index (χ1v) is 109. The second-order valence-electron chi connectivity index (χ2n) is 4.94. The Morgan fingerprint density at radius 1 is 0.844 bits per heavy atom. The summed E-state index contributed by atoms with van der Waals surface area (Å²) < 4.78 is 0. The SMILES string of the molecule is N[C@@H](CCCCCC(=O)CCc1cccnc1)C(=O)O.[K][K].[K][K].[K][K].[K][K].[K][K].[K][K]. The number of nitrogens with zero attached hydrogens (tertiary/aromatic N) is 1. The summed E-state index contributed by atoms with van der Waals surface area (Å²) in [4.78, 5) is 26.2. The van der Waals surface area contributed by atoms with Gasteiger partial charge in [0.15, 0.2) is 0 Å². The van der Waals surface area contributed by atoms with Crippen molar-refractivity contribution in [3.8, 4) is 0 Å². The van der Waals surface area contributed by atoms with Crippen LogP contribution in [0.1, 0.15) is 44.1 Å². The van der Waals surface area contributed by atoms with Crippen molar-refractivity contribution in [2.45, 2.75) is 51.0 Å². The van der Waals surface area contributed by atoms with Crippen LogP contribution in [0.5, 0.6) is 0 Å². The minimum atomic E-state index is -0.961. The number of ketones is 1. The molecule has 0 radical (unpaired) electrons. The number of aromatic nitrogens is 1. The molecule has 1 aromatic heterocycles. The van der Waals surface area contributed by atoms with Gasteiger partial charge in [0.05, 0.1) is 0 Å². The number of Topliss-reactive ketones (excluding diaryl/α,β-unsaturated/α-hetero) is 1. The van der Waals surface area contributed by atoms with Crippen LogP contribution < -0.4 is 5.73 Å². The van der Waals surface area contributed by atoms with E-state index in [0.717, 1.165) is 31.2 Å². The van der Waals surface area contributed by atoms with Crippen LogP contribution in [0.25, 0.3) is 0 Å². The van der Waals surface area contributed by atoms with Crippen molar-refractivity contribution < 1.29 is 14.7 Å². The molecule has 122 valence electrons.